The minimum atomic E-state index is -0.125. The third kappa shape index (κ3) is 1.96. The van der Waals surface area contributed by atoms with Crippen molar-refractivity contribution in [2.24, 2.45) is 5.92 Å². The van der Waals surface area contributed by atoms with Gasteiger partial charge in [0.05, 0.1) is 0 Å². The molecule has 0 saturated carbocycles. The smallest absolute Gasteiger partial charge is 0.114 e. The molecule has 0 spiro atoms. The van der Waals surface area contributed by atoms with E-state index in [0.717, 1.165) is 18.4 Å². The Balaban J connectivity index is 2.64. The van der Waals surface area contributed by atoms with Crippen molar-refractivity contribution in [1.29, 1.82) is 0 Å². The molecule has 2 nitrogen and oxygen atoms in total. The van der Waals surface area contributed by atoms with Crippen LogP contribution in [0, 0.1) is 5.92 Å². The van der Waals surface area contributed by atoms with Gasteiger partial charge >= 0.3 is 0 Å². The Bertz CT molecular complexity index is 206. The van der Waals surface area contributed by atoms with Gasteiger partial charge in [-0.3, -0.25) is 5.26 Å². The van der Waals surface area contributed by atoms with Crippen LogP contribution >= 0.6 is 0 Å². The normalized spacial score (nSPS) is 29.8. The highest BCUT2D eigenvalue weighted by molar-refractivity contribution is 5.14. The van der Waals surface area contributed by atoms with Crippen LogP contribution in [0.5, 0.6) is 0 Å². The molecule has 1 rings (SSSR count). The predicted molar refractivity (Wildman–Crippen MR) is 48.8 cm³/mol. The van der Waals surface area contributed by atoms with Crippen molar-refractivity contribution in [2.75, 3.05) is 0 Å². The summed E-state index contributed by atoms with van der Waals surface area (Å²) in [5.74, 6) is 0.464. The van der Waals surface area contributed by atoms with Gasteiger partial charge in [0.1, 0.15) is 6.10 Å². The molecule has 0 radical (unpaired) electrons. The average molecular weight is 168 g/mol. The van der Waals surface area contributed by atoms with Crippen LogP contribution in [0.15, 0.2) is 23.8 Å². The second-order valence-corrected chi connectivity index (χ2v) is 3.56. The fraction of sp³-hybridized carbons (Fsp3) is 0.600. The third-order valence-electron chi connectivity index (χ3n) is 2.55. The summed E-state index contributed by atoms with van der Waals surface area (Å²) in [7, 11) is 0. The first-order valence-corrected chi connectivity index (χ1v) is 4.27. The van der Waals surface area contributed by atoms with E-state index in [4.69, 9.17) is 5.26 Å². The molecule has 68 valence electrons. The highest BCUT2D eigenvalue weighted by Crippen LogP contribution is 2.29. The van der Waals surface area contributed by atoms with Crippen LogP contribution in [0.1, 0.15) is 26.7 Å². The van der Waals surface area contributed by atoms with Crippen LogP contribution in [-0.4, -0.2) is 11.4 Å². The maximum Gasteiger partial charge on any atom is 0.114 e. The van der Waals surface area contributed by atoms with E-state index in [2.05, 4.69) is 17.5 Å². The van der Waals surface area contributed by atoms with E-state index in [-0.39, 0.29) is 6.10 Å². The highest BCUT2D eigenvalue weighted by atomic mass is 17.1. The van der Waals surface area contributed by atoms with Gasteiger partial charge in [-0.1, -0.05) is 18.2 Å². The summed E-state index contributed by atoms with van der Waals surface area (Å²) in [6.45, 7) is 7.91. The Labute approximate surface area is 73.5 Å². The first-order valence-electron chi connectivity index (χ1n) is 4.27. The maximum absolute atomic E-state index is 8.59. The molecule has 2 atom stereocenters. The van der Waals surface area contributed by atoms with Crippen LogP contribution in [0.3, 0.4) is 0 Å². The molecule has 0 aliphatic heterocycles. The van der Waals surface area contributed by atoms with E-state index in [1.807, 2.05) is 13.8 Å². The van der Waals surface area contributed by atoms with Gasteiger partial charge in [0.2, 0.25) is 0 Å². The number of hydrogen-bond donors (Lipinski definition) is 1. The molecule has 1 aliphatic rings. The van der Waals surface area contributed by atoms with Gasteiger partial charge in [0.15, 0.2) is 0 Å². The molecule has 0 aromatic rings. The lowest BCUT2D eigenvalue weighted by atomic mass is 9.84. The summed E-state index contributed by atoms with van der Waals surface area (Å²) in [6.07, 6.45) is 3.87. The number of hydrogen-bond acceptors (Lipinski definition) is 2. The monoisotopic (exact) mass is 168 g/mol. The molecule has 1 N–H and O–H groups in total. The van der Waals surface area contributed by atoms with E-state index in [1.165, 1.54) is 5.57 Å². The van der Waals surface area contributed by atoms with Crippen LogP contribution < -0.4 is 0 Å². The van der Waals surface area contributed by atoms with Gasteiger partial charge in [0.25, 0.3) is 0 Å². The number of allylic oxidation sites excluding steroid dienone is 2. The SMILES string of the molecule is C=C(C)[C@H]1CC=C(C)[C@@H](OO)C1. The molecule has 0 aromatic carbocycles. The average Bonchev–Trinajstić information content (AvgIpc) is 2.05. The number of rotatable bonds is 2. The fourth-order valence-electron chi connectivity index (χ4n) is 1.53. The molecule has 0 bridgehead atoms. The van der Waals surface area contributed by atoms with Gasteiger partial charge in [-0.2, -0.15) is 0 Å². The Morgan fingerprint density at radius 2 is 2.42 bits per heavy atom. The summed E-state index contributed by atoms with van der Waals surface area (Å²) >= 11 is 0. The van der Waals surface area contributed by atoms with E-state index in [1.54, 1.807) is 0 Å². The fourth-order valence-corrected chi connectivity index (χ4v) is 1.53. The van der Waals surface area contributed by atoms with Gasteiger partial charge in [-0.15, -0.1) is 0 Å². The van der Waals surface area contributed by atoms with Gasteiger partial charge in [-0.25, -0.2) is 4.89 Å². The Morgan fingerprint density at radius 3 is 2.92 bits per heavy atom. The summed E-state index contributed by atoms with van der Waals surface area (Å²) in [4.78, 5) is 4.37. The highest BCUT2D eigenvalue weighted by Gasteiger charge is 2.22. The Morgan fingerprint density at radius 1 is 1.75 bits per heavy atom. The molecule has 0 unspecified atom stereocenters. The lowest BCUT2D eigenvalue weighted by Crippen LogP contribution is -2.22. The van der Waals surface area contributed by atoms with Gasteiger partial charge < -0.3 is 0 Å². The molecular formula is C10H16O2. The Kier molecular flexibility index (Phi) is 3.06. The minimum Gasteiger partial charge on any atom is -0.251 e. The second-order valence-electron chi connectivity index (χ2n) is 3.56. The van der Waals surface area contributed by atoms with Crippen molar-refractivity contribution in [3.05, 3.63) is 23.8 Å². The first kappa shape index (κ1) is 9.49. The van der Waals surface area contributed by atoms with Gasteiger partial charge in [-0.05, 0) is 38.2 Å². The van der Waals surface area contributed by atoms with Crippen molar-refractivity contribution < 1.29 is 10.1 Å². The Hall–Kier alpha value is -0.600. The van der Waals surface area contributed by atoms with Crippen molar-refractivity contribution in [1.82, 2.24) is 0 Å². The topological polar surface area (TPSA) is 29.5 Å². The van der Waals surface area contributed by atoms with Crippen LogP contribution in [-0.2, 0) is 4.89 Å². The predicted octanol–water partition coefficient (Wildman–Crippen LogP) is 2.78. The van der Waals surface area contributed by atoms with Crippen molar-refractivity contribution in [3.63, 3.8) is 0 Å². The molecule has 0 heterocycles. The lowest BCUT2D eigenvalue weighted by Gasteiger charge is -2.26. The third-order valence-corrected chi connectivity index (χ3v) is 2.55. The van der Waals surface area contributed by atoms with E-state index < -0.39 is 0 Å². The summed E-state index contributed by atoms with van der Waals surface area (Å²) < 4.78 is 0. The lowest BCUT2D eigenvalue weighted by molar-refractivity contribution is -0.272. The molecule has 0 saturated heterocycles. The van der Waals surface area contributed by atoms with E-state index in [9.17, 15) is 0 Å². The molecular weight excluding hydrogens is 152 g/mol. The molecule has 0 amide bonds. The van der Waals surface area contributed by atoms with E-state index >= 15 is 0 Å². The van der Waals surface area contributed by atoms with Crippen molar-refractivity contribution >= 4 is 0 Å². The molecule has 0 aromatic heterocycles. The largest absolute Gasteiger partial charge is 0.251 e. The maximum atomic E-state index is 8.59. The molecule has 1 aliphatic carbocycles. The van der Waals surface area contributed by atoms with Crippen LogP contribution in [0.2, 0.25) is 0 Å². The minimum absolute atomic E-state index is 0.125. The summed E-state index contributed by atoms with van der Waals surface area (Å²) in [6, 6.07) is 0. The summed E-state index contributed by atoms with van der Waals surface area (Å²) in [5.41, 5.74) is 2.29. The standard InChI is InChI=1S/C10H16O2/c1-7(2)9-5-4-8(3)10(6-9)12-11/h4,9-11H,1,5-6H2,2-3H3/t9-,10-/m0/s1. The zero-order chi connectivity index (χ0) is 9.14. The van der Waals surface area contributed by atoms with Crippen molar-refractivity contribution in [3.8, 4) is 0 Å². The first-order chi connectivity index (χ1) is 5.65. The molecule has 2 heteroatoms. The van der Waals surface area contributed by atoms with E-state index in [0.29, 0.717) is 5.92 Å². The summed E-state index contributed by atoms with van der Waals surface area (Å²) in [5, 5.41) is 8.59. The van der Waals surface area contributed by atoms with Crippen molar-refractivity contribution in [2.45, 2.75) is 32.8 Å². The second kappa shape index (κ2) is 3.87. The molecule has 0 fully saturated rings. The van der Waals surface area contributed by atoms with Gasteiger partial charge in [0, 0.05) is 0 Å². The zero-order valence-corrected chi connectivity index (χ0v) is 7.71. The van der Waals surface area contributed by atoms with Crippen LogP contribution in [0.25, 0.3) is 0 Å². The van der Waals surface area contributed by atoms with Crippen LogP contribution in [0.4, 0.5) is 0 Å². The molecule has 12 heavy (non-hydrogen) atoms. The quantitative estimate of drug-likeness (QED) is 0.390. The zero-order valence-electron chi connectivity index (χ0n) is 7.71.